The summed E-state index contributed by atoms with van der Waals surface area (Å²) in [6.07, 6.45) is 0. The SMILES string of the molecule is CC(C(=O)N1CCNC(=O)C1(C)C)C(N)=NO. The first kappa shape index (κ1) is 13.3. The molecule has 1 rings (SSSR count). The van der Waals surface area contributed by atoms with E-state index in [0.29, 0.717) is 13.1 Å². The Balaban J connectivity index is 2.92. The number of hydrogen-bond donors (Lipinski definition) is 3. The summed E-state index contributed by atoms with van der Waals surface area (Å²) in [5.41, 5.74) is 4.48. The van der Waals surface area contributed by atoms with Crippen LogP contribution in [0.25, 0.3) is 0 Å². The third kappa shape index (κ3) is 2.32. The molecule has 96 valence electrons. The first-order chi connectivity index (χ1) is 7.82. The van der Waals surface area contributed by atoms with Crippen LogP contribution in [0, 0.1) is 5.92 Å². The molecule has 1 aliphatic heterocycles. The Hall–Kier alpha value is -1.79. The smallest absolute Gasteiger partial charge is 0.245 e. The molecule has 7 nitrogen and oxygen atoms in total. The standard InChI is InChI=1S/C10H18N4O3/c1-6(7(11)13-17)8(15)14-5-4-12-9(16)10(14,2)3/h6,17H,4-5H2,1-3H3,(H2,11,13)(H,12,16). The second-order valence-corrected chi connectivity index (χ2v) is 4.55. The lowest BCUT2D eigenvalue weighted by Crippen LogP contribution is -2.64. The zero-order chi connectivity index (χ0) is 13.2. The van der Waals surface area contributed by atoms with Gasteiger partial charge in [0.05, 0.1) is 5.92 Å². The van der Waals surface area contributed by atoms with Gasteiger partial charge in [0.15, 0.2) is 5.84 Å². The molecule has 2 amide bonds. The average Bonchev–Trinajstić information content (AvgIpc) is 2.29. The highest BCUT2D eigenvalue weighted by atomic mass is 16.4. The highest BCUT2D eigenvalue weighted by Crippen LogP contribution is 2.20. The number of carbonyl (C=O) groups is 2. The highest BCUT2D eigenvalue weighted by molar-refractivity contribution is 6.03. The molecular weight excluding hydrogens is 224 g/mol. The number of rotatable bonds is 2. The van der Waals surface area contributed by atoms with Crippen molar-refractivity contribution in [2.75, 3.05) is 13.1 Å². The van der Waals surface area contributed by atoms with E-state index in [9.17, 15) is 9.59 Å². The summed E-state index contributed by atoms with van der Waals surface area (Å²) in [5.74, 6) is -1.43. The second kappa shape index (κ2) is 4.60. The summed E-state index contributed by atoms with van der Waals surface area (Å²) in [5, 5.41) is 14.1. The maximum absolute atomic E-state index is 12.1. The van der Waals surface area contributed by atoms with Crippen LogP contribution in [0.4, 0.5) is 0 Å². The summed E-state index contributed by atoms with van der Waals surface area (Å²) < 4.78 is 0. The Morgan fingerprint density at radius 2 is 2.24 bits per heavy atom. The Kier molecular flexibility index (Phi) is 3.59. The fourth-order valence-electron chi connectivity index (χ4n) is 1.73. The zero-order valence-electron chi connectivity index (χ0n) is 10.2. The second-order valence-electron chi connectivity index (χ2n) is 4.55. The van der Waals surface area contributed by atoms with E-state index in [-0.39, 0.29) is 17.6 Å². The number of nitrogens with one attached hydrogen (secondary N) is 1. The van der Waals surface area contributed by atoms with Crippen molar-refractivity contribution >= 4 is 17.6 Å². The number of hydrogen-bond acceptors (Lipinski definition) is 4. The Bertz CT molecular complexity index is 365. The van der Waals surface area contributed by atoms with E-state index >= 15 is 0 Å². The lowest BCUT2D eigenvalue weighted by atomic mass is 9.96. The van der Waals surface area contributed by atoms with E-state index in [0.717, 1.165) is 0 Å². The first-order valence-corrected chi connectivity index (χ1v) is 5.39. The third-order valence-electron chi connectivity index (χ3n) is 3.05. The summed E-state index contributed by atoms with van der Waals surface area (Å²) in [6, 6.07) is 0. The number of nitrogens with two attached hydrogens (primary N) is 1. The number of amidine groups is 1. The van der Waals surface area contributed by atoms with Crippen molar-refractivity contribution < 1.29 is 14.8 Å². The Morgan fingerprint density at radius 3 is 2.76 bits per heavy atom. The minimum Gasteiger partial charge on any atom is -0.409 e. The van der Waals surface area contributed by atoms with E-state index in [2.05, 4.69) is 10.5 Å². The molecule has 1 unspecified atom stereocenters. The van der Waals surface area contributed by atoms with Gasteiger partial charge in [0.25, 0.3) is 0 Å². The number of carbonyl (C=O) groups excluding carboxylic acids is 2. The highest BCUT2D eigenvalue weighted by Gasteiger charge is 2.42. The van der Waals surface area contributed by atoms with Crippen LogP contribution < -0.4 is 11.1 Å². The summed E-state index contributed by atoms with van der Waals surface area (Å²) >= 11 is 0. The Labute approximate surface area is 99.6 Å². The normalized spacial score (nSPS) is 21.9. The monoisotopic (exact) mass is 242 g/mol. The van der Waals surface area contributed by atoms with Gasteiger partial charge in [-0.1, -0.05) is 5.16 Å². The van der Waals surface area contributed by atoms with Gasteiger partial charge in [0, 0.05) is 13.1 Å². The van der Waals surface area contributed by atoms with Crippen molar-refractivity contribution in [2.45, 2.75) is 26.3 Å². The lowest BCUT2D eigenvalue weighted by Gasteiger charge is -2.42. The number of nitrogens with zero attached hydrogens (tertiary/aromatic N) is 2. The van der Waals surface area contributed by atoms with Crippen LogP contribution in [-0.4, -0.2) is 46.4 Å². The molecule has 4 N–H and O–H groups in total. The van der Waals surface area contributed by atoms with Gasteiger partial charge >= 0.3 is 0 Å². The van der Waals surface area contributed by atoms with Crippen LogP contribution >= 0.6 is 0 Å². The first-order valence-electron chi connectivity index (χ1n) is 5.39. The van der Waals surface area contributed by atoms with Gasteiger partial charge in [-0.15, -0.1) is 0 Å². The summed E-state index contributed by atoms with van der Waals surface area (Å²) in [4.78, 5) is 25.3. The molecule has 17 heavy (non-hydrogen) atoms. The quantitative estimate of drug-likeness (QED) is 0.252. The van der Waals surface area contributed by atoms with Gasteiger partial charge in [-0.3, -0.25) is 9.59 Å². The van der Waals surface area contributed by atoms with Crippen LogP contribution in [0.1, 0.15) is 20.8 Å². The van der Waals surface area contributed by atoms with Gasteiger partial charge in [-0.2, -0.15) is 0 Å². The van der Waals surface area contributed by atoms with Gasteiger partial charge < -0.3 is 21.2 Å². The molecule has 7 heteroatoms. The van der Waals surface area contributed by atoms with Crippen molar-refractivity contribution in [2.24, 2.45) is 16.8 Å². The van der Waals surface area contributed by atoms with Crippen molar-refractivity contribution in [1.29, 1.82) is 0 Å². The molecule has 0 radical (unpaired) electrons. The van der Waals surface area contributed by atoms with Crippen molar-refractivity contribution in [3.05, 3.63) is 0 Å². The molecule has 1 aliphatic rings. The molecule has 0 spiro atoms. The maximum atomic E-state index is 12.1. The fourth-order valence-corrected chi connectivity index (χ4v) is 1.73. The lowest BCUT2D eigenvalue weighted by molar-refractivity contribution is -0.150. The molecule has 0 saturated carbocycles. The molecular formula is C10H18N4O3. The van der Waals surface area contributed by atoms with Gasteiger partial charge in [-0.25, -0.2) is 0 Å². The van der Waals surface area contributed by atoms with Crippen molar-refractivity contribution in [3.63, 3.8) is 0 Å². The number of piperazine rings is 1. The molecule has 0 aromatic rings. The third-order valence-corrected chi connectivity index (χ3v) is 3.05. The van der Waals surface area contributed by atoms with E-state index in [1.165, 1.54) is 4.90 Å². The molecule has 0 bridgehead atoms. The summed E-state index contributed by atoms with van der Waals surface area (Å²) in [7, 11) is 0. The van der Waals surface area contributed by atoms with Crippen molar-refractivity contribution in [3.8, 4) is 0 Å². The molecule has 0 aliphatic carbocycles. The van der Waals surface area contributed by atoms with Crippen LogP contribution in [0.2, 0.25) is 0 Å². The molecule has 1 atom stereocenters. The molecule has 1 fully saturated rings. The fraction of sp³-hybridized carbons (Fsp3) is 0.700. The van der Waals surface area contributed by atoms with Crippen LogP contribution in [-0.2, 0) is 9.59 Å². The molecule has 0 aromatic carbocycles. The minimum atomic E-state index is -0.917. The van der Waals surface area contributed by atoms with Crippen molar-refractivity contribution in [1.82, 2.24) is 10.2 Å². The van der Waals surface area contributed by atoms with E-state index in [1.807, 2.05) is 0 Å². The maximum Gasteiger partial charge on any atom is 0.245 e. The predicted molar refractivity (Wildman–Crippen MR) is 61.4 cm³/mol. The van der Waals surface area contributed by atoms with Gasteiger partial charge in [0.2, 0.25) is 11.8 Å². The zero-order valence-corrected chi connectivity index (χ0v) is 10.2. The number of oxime groups is 1. The number of amides is 2. The van der Waals surface area contributed by atoms with Crippen LogP contribution in [0.5, 0.6) is 0 Å². The van der Waals surface area contributed by atoms with E-state index in [4.69, 9.17) is 10.9 Å². The molecule has 1 saturated heterocycles. The van der Waals surface area contributed by atoms with Gasteiger partial charge in [-0.05, 0) is 20.8 Å². The van der Waals surface area contributed by atoms with Crippen LogP contribution in [0.3, 0.4) is 0 Å². The summed E-state index contributed by atoms with van der Waals surface area (Å²) in [6.45, 7) is 5.70. The Morgan fingerprint density at radius 1 is 1.65 bits per heavy atom. The van der Waals surface area contributed by atoms with Gasteiger partial charge in [0.1, 0.15) is 5.54 Å². The topological polar surface area (TPSA) is 108 Å². The minimum absolute atomic E-state index is 0.156. The molecule has 0 aromatic heterocycles. The van der Waals surface area contributed by atoms with Crippen LogP contribution in [0.15, 0.2) is 5.16 Å². The van der Waals surface area contributed by atoms with E-state index in [1.54, 1.807) is 20.8 Å². The predicted octanol–water partition coefficient (Wildman–Crippen LogP) is -0.894. The largest absolute Gasteiger partial charge is 0.409 e. The van der Waals surface area contributed by atoms with E-state index < -0.39 is 11.5 Å². The molecule has 1 heterocycles. The average molecular weight is 242 g/mol.